The summed E-state index contributed by atoms with van der Waals surface area (Å²) in [4.78, 5) is 20.5. The smallest absolute Gasteiger partial charge is 0.257 e. The molecule has 1 aromatic heterocycles. The van der Waals surface area contributed by atoms with Crippen molar-refractivity contribution < 1.29 is 9.90 Å². The monoisotopic (exact) mass is 261 g/mol. The maximum Gasteiger partial charge on any atom is 0.257 e. The first-order chi connectivity index (χ1) is 9.25. The van der Waals surface area contributed by atoms with Crippen molar-refractivity contribution in [2.75, 3.05) is 26.2 Å². The minimum Gasteiger partial charge on any atom is -0.505 e. The molecule has 102 valence electrons. The molecule has 0 spiro atoms. The van der Waals surface area contributed by atoms with Crippen molar-refractivity contribution in [1.82, 2.24) is 14.8 Å². The second-order valence-electron chi connectivity index (χ2n) is 5.33. The third-order valence-corrected chi connectivity index (χ3v) is 4.14. The highest BCUT2D eigenvalue weighted by Gasteiger charge is 2.32. The van der Waals surface area contributed by atoms with E-state index >= 15 is 0 Å². The van der Waals surface area contributed by atoms with E-state index in [2.05, 4.69) is 9.88 Å². The second-order valence-corrected chi connectivity index (χ2v) is 5.33. The number of hydrogen-bond donors (Lipinski definition) is 1. The average molecular weight is 261 g/mol. The molecule has 0 aromatic carbocycles. The van der Waals surface area contributed by atoms with Crippen LogP contribution < -0.4 is 0 Å². The van der Waals surface area contributed by atoms with Crippen molar-refractivity contribution in [3.8, 4) is 5.75 Å². The van der Waals surface area contributed by atoms with Gasteiger partial charge in [0, 0.05) is 25.3 Å². The van der Waals surface area contributed by atoms with E-state index in [1.54, 1.807) is 12.3 Å². The van der Waals surface area contributed by atoms with Gasteiger partial charge < -0.3 is 10.0 Å². The van der Waals surface area contributed by atoms with Crippen molar-refractivity contribution in [1.29, 1.82) is 0 Å². The van der Waals surface area contributed by atoms with E-state index in [9.17, 15) is 9.90 Å². The summed E-state index contributed by atoms with van der Waals surface area (Å²) in [5.74, 6) is -0.112. The van der Waals surface area contributed by atoms with Gasteiger partial charge in [0.15, 0.2) is 0 Å². The summed E-state index contributed by atoms with van der Waals surface area (Å²) >= 11 is 0. The van der Waals surface area contributed by atoms with E-state index in [-0.39, 0.29) is 11.7 Å². The van der Waals surface area contributed by atoms with Gasteiger partial charge in [-0.3, -0.25) is 14.7 Å². The molecule has 5 nitrogen and oxygen atoms in total. The Morgan fingerprint density at radius 2 is 2.11 bits per heavy atom. The lowest BCUT2D eigenvalue weighted by Gasteiger charge is -2.23. The molecule has 0 radical (unpaired) electrons. The number of amides is 1. The molecular weight excluding hydrogens is 242 g/mol. The van der Waals surface area contributed by atoms with Crippen LogP contribution in [0.3, 0.4) is 0 Å². The summed E-state index contributed by atoms with van der Waals surface area (Å²) in [6.45, 7) is 3.88. The number of hydrogen-bond acceptors (Lipinski definition) is 4. The van der Waals surface area contributed by atoms with Crippen LogP contribution in [0.2, 0.25) is 0 Å². The Labute approximate surface area is 112 Å². The standard InChI is InChI=1S/C14H19N3O2/c18-13-9-15-5-3-12(13)14(19)17-8-4-11(10-17)16-6-1-2-7-16/h3,5,9,11,18H,1-2,4,6-8,10H2. The summed E-state index contributed by atoms with van der Waals surface area (Å²) in [5.41, 5.74) is 0.358. The number of nitrogens with zero attached hydrogens (tertiary/aromatic N) is 3. The number of aromatic hydroxyl groups is 1. The van der Waals surface area contributed by atoms with Crippen LogP contribution in [0, 0.1) is 0 Å². The molecule has 2 fully saturated rings. The van der Waals surface area contributed by atoms with Gasteiger partial charge >= 0.3 is 0 Å². The number of pyridine rings is 1. The highest BCUT2D eigenvalue weighted by Crippen LogP contribution is 2.23. The summed E-state index contributed by atoms with van der Waals surface area (Å²) < 4.78 is 0. The Hall–Kier alpha value is -1.62. The van der Waals surface area contributed by atoms with Gasteiger partial charge in [-0.1, -0.05) is 0 Å². The zero-order chi connectivity index (χ0) is 13.2. The van der Waals surface area contributed by atoms with Crippen LogP contribution in [0.1, 0.15) is 29.6 Å². The lowest BCUT2D eigenvalue weighted by atomic mass is 10.2. The molecule has 1 atom stereocenters. The summed E-state index contributed by atoms with van der Waals surface area (Å²) in [6.07, 6.45) is 6.45. The fourth-order valence-electron chi connectivity index (χ4n) is 3.07. The van der Waals surface area contributed by atoms with Crippen LogP contribution in [-0.2, 0) is 0 Å². The fraction of sp³-hybridized carbons (Fsp3) is 0.571. The quantitative estimate of drug-likeness (QED) is 0.866. The summed E-state index contributed by atoms with van der Waals surface area (Å²) in [5, 5.41) is 9.70. The van der Waals surface area contributed by atoms with Crippen molar-refractivity contribution in [3.63, 3.8) is 0 Å². The second kappa shape index (κ2) is 5.17. The van der Waals surface area contributed by atoms with Crippen LogP contribution in [-0.4, -0.2) is 58.0 Å². The van der Waals surface area contributed by atoms with E-state index in [1.807, 2.05) is 4.90 Å². The van der Waals surface area contributed by atoms with Crippen LogP contribution in [0.25, 0.3) is 0 Å². The summed E-state index contributed by atoms with van der Waals surface area (Å²) in [6, 6.07) is 2.08. The van der Waals surface area contributed by atoms with E-state index < -0.39 is 0 Å². The number of carbonyl (C=O) groups excluding carboxylic acids is 1. The van der Waals surface area contributed by atoms with Crippen molar-refractivity contribution in [3.05, 3.63) is 24.0 Å². The van der Waals surface area contributed by atoms with Crippen LogP contribution in [0.4, 0.5) is 0 Å². The normalized spacial score (nSPS) is 24.0. The fourth-order valence-corrected chi connectivity index (χ4v) is 3.07. The first kappa shape index (κ1) is 12.4. The van der Waals surface area contributed by atoms with Gasteiger partial charge in [-0.2, -0.15) is 0 Å². The molecule has 5 heteroatoms. The molecule has 19 heavy (non-hydrogen) atoms. The lowest BCUT2D eigenvalue weighted by molar-refractivity contribution is 0.0777. The first-order valence-electron chi connectivity index (χ1n) is 6.92. The predicted octanol–water partition coefficient (Wildman–Crippen LogP) is 1.10. The Morgan fingerprint density at radius 3 is 2.84 bits per heavy atom. The average Bonchev–Trinajstić information content (AvgIpc) is 3.09. The molecule has 3 rings (SSSR count). The third kappa shape index (κ3) is 2.42. The van der Waals surface area contributed by atoms with Crippen LogP contribution >= 0.6 is 0 Å². The number of carbonyl (C=O) groups is 1. The molecule has 3 heterocycles. The Morgan fingerprint density at radius 1 is 1.32 bits per heavy atom. The molecule has 0 aliphatic carbocycles. The van der Waals surface area contributed by atoms with Gasteiger partial charge in [0.05, 0.1) is 11.8 Å². The molecule has 1 amide bonds. The Kier molecular flexibility index (Phi) is 3.38. The van der Waals surface area contributed by atoms with Gasteiger partial charge in [-0.05, 0) is 38.4 Å². The predicted molar refractivity (Wildman–Crippen MR) is 71.0 cm³/mol. The van der Waals surface area contributed by atoms with Gasteiger partial charge in [0.2, 0.25) is 0 Å². The number of likely N-dealkylation sites (tertiary alicyclic amines) is 2. The highest BCUT2D eigenvalue weighted by molar-refractivity contribution is 5.96. The van der Waals surface area contributed by atoms with Crippen molar-refractivity contribution in [2.45, 2.75) is 25.3 Å². The van der Waals surface area contributed by atoms with Gasteiger partial charge in [-0.15, -0.1) is 0 Å². The minimum atomic E-state index is -0.0819. The molecular formula is C14H19N3O2. The number of aromatic nitrogens is 1. The molecule has 1 N–H and O–H groups in total. The first-order valence-corrected chi connectivity index (χ1v) is 6.92. The minimum absolute atomic E-state index is 0.0304. The van der Waals surface area contributed by atoms with Crippen LogP contribution in [0.5, 0.6) is 5.75 Å². The third-order valence-electron chi connectivity index (χ3n) is 4.14. The van der Waals surface area contributed by atoms with E-state index in [0.29, 0.717) is 11.6 Å². The Bertz CT molecular complexity index is 472. The SMILES string of the molecule is O=C(c1ccncc1O)N1CCC(N2CCCC2)C1. The lowest BCUT2D eigenvalue weighted by Crippen LogP contribution is -2.37. The van der Waals surface area contributed by atoms with Crippen molar-refractivity contribution >= 4 is 5.91 Å². The molecule has 2 saturated heterocycles. The molecule has 0 saturated carbocycles. The maximum absolute atomic E-state index is 12.3. The largest absolute Gasteiger partial charge is 0.505 e. The van der Waals surface area contributed by atoms with E-state index in [0.717, 1.165) is 32.6 Å². The molecule has 0 bridgehead atoms. The van der Waals surface area contributed by atoms with Gasteiger partial charge in [-0.25, -0.2) is 0 Å². The molecule has 1 unspecified atom stereocenters. The van der Waals surface area contributed by atoms with E-state index in [4.69, 9.17) is 0 Å². The summed E-state index contributed by atoms with van der Waals surface area (Å²) in [7, 11) is 0. The van der Waals surface area contributed by atoms with Gasteiger partial charge in [0.25, 0.3) is 5.91 Å². The van der Waals surface area contributed by atoms with Crippen molar-refractivity contribution in [2.24, 2.45) is 0 Å². The molecule has 1 aromatic rings. The highest BCUT2D eigenvalue weighted by atomic mass is 16.3. The number of rotatable bonds is 2. The molecule has 2 aliphatic rings. The maximum atomic E-state index is 12.3. The topological polar surface area (TPSA) is 56.7 Å². The van der Waals surface area contributed by atoms with Crippen LogP contribution in [0.15, 0.2) is 18.5 Å². The zero-order valence-electron chi connectivity index (χ0n) is 11.0. The molecule has 2 aliphatic heterocycles. The zero-order valence-corrected chi connectivity index (χ0v) is 11.0. The van der Waals surface area contributed by atoms with E-state index in [1.165, 1.54) is 19.0 Å². The van der Waals surface area contributed by atoms with Gasteiger partial charge in [0.1, 0.15) is 5.75 Å². The Balaban J connectivity index is 1.67.